The van der Waals surface area contributed by atoms with Crippen LogP contribution in [0.1, 0.15) is 54.1 Å². The molecule has 2 aromatic carbocycles. The predicted octanol–water partition coefficient (Wildman–Crippen LogP) is 4.39. The molecule has 0 heterocycles. The summed E-state index contributed by atoms with van der Waals surface area (Å²) in [5.41, 5.74) is 14.9. The SMILES string of the molecule is CC1CCC(OC(=O)c2ccc(/C=C/C(=O)OCCc3ccc(N)cc3N)cc2)CC1. The molecule has 0 aromatic heterocycles. The molecule has 6 nitrogen and oxygen atoms in total. The molecule has 0 spiro atoms. The number of hydrogen-bond acceptors (Lipinski definition) is 6. The second kappa shape index (κ2) is 10.7. The number of rotatable bonds is 7. The van der Waals surface area contributed by atoms with Gasteiger partial charge in [-0.15, -0.1) is 0 Å². The lowest BCUT2D eigenvalue weighted by Gasteiger charge is -2.25. The minimum absolute atomic E-state index is 0.0154. The van der Waals surface area contributed by atoms with Gasteiger partial charge >= 0.3 is 11.9 Å². The third kappa shape index (κ3) is 6.88. The van der Waals surface area contributed by atoms with Gasteiger partial charge in [-0.1, -0.05) is 25.1 Å². The molecule has 3 rings (SSSR count). The second-order valence-corrected chi connectivity index (χ2v) is 8.12. The number of esters is 2. The highest BCUT2D eigenvalue weighted by Gasteiger charge is 2.22. The lowest BCUT2D eigenvalue weighted by Crippen LogP contribution is -2.23. The first kappa shape index (κ1) is 22.4. The summed E-state index contributed by atoms with van der Waals surface area (Å²) in [4.78, 5) is 24.3. The largest absolute Gasteiger partial charge is 0.462 e. The quantitative estimate of drug-likeness (QED) is 0.390. The fourth-order valence-electron chi connectivity index (χ4n) is 3.61. The first-order chi connectivity index (χ1) is 14.9. The Balaban J connectivity index is 1.44. The van der Waals surface area contributed by atoms with Gasteiger partial charge in [0.05, 0.1) is 12.2 Å². The van der Waals surface area contributed by atoms with Crippen LogP contribution in [0.25, 0.3) is 6.08 Å². The van der Waals surface area contributed by atoms with Crippen LogP contribution in [0.4, 0.5) is 11.4 Å². The molecule has 2 aromatic rings. The maximum atomic E-state index is 12.3. The molecular weight excluding hydrogens is 392 g/mol. The number of carbonyl (C=O) groups excluding carboxylic acids is 2. The lowest BCUT2D eigenvalue weighted by atomic mass is 9.89. The van der Waals surface area contributed by atoms with E-state index in [9.17, 15) is 9.59 Å². The molecule has 0 aliphatic heterocycles. The highest BCUT2D eigenvalue weighted by Crippen LogP contribution is 2.26. The molecular formula is C25H30N2O4. The summed E-state index contributed by atoms with van der Waals surface area (Å²) >= 11 is 0. The number of anilines is 2. The Bertz CT molecular complexity index is 929. The van der Waals surface area contributed by atoms with Gasteiger partial charge in [-0.05, 0) is 73.1 Å². The van der Waals surface area contributed by atoms with Gasteiger partial charge in [0.1, 0.15) is 6.10 Å². The van der Waals surface area contributed by atoms with E-state index in [-0.39, 0.29) is 18.7 Å². The molecule has 0 amide bonds. The molecule has 6 heteroatoms. The Morgan fingerprint density at radius 1 is 1.03 bits per heavy atom. The molecule has 1 fully saturated rings. The smallest absolute Gasteiger partial charge is 0.338 e. The predicted molar refractivity (Wildman–Crippen MR) is 122 cm³/mol. The maximum Gasteiger partial charge on any atom is 0.338 e. The van der Waals surface area contributed by atoms with Crippen LogP contribution in [0.3, 0.4) is 0 Å². The van der Waals surface area contributed by atoms with Gasteiger partial charge in [-0.2, -0.15) is 0 Å². The molecule has 1 aliphatic carbocycles. The molecule has 1 aliphatic rings. The Morgan fingerprint density at radius 2 is 1.74 bits per heavy atom. The van der Waals surface area contributed by atoms with Crippen molar-refractivity contribution < 1.29 is 19.1 Å². The molecule has 0 unspecified atom stereocenters. The first-order valence-electron chi connectivity index (χ1n) is 10.7. The van der Waals surface area contributed by atoms with E-state index in [0.717, 1.165) is 36.8 Å². The van der Waals surface area contributed by atoms with Crippen LogP contribution in [-0.4, -0.2) is 24.6 Å². The minimum atomic E-state index is -0.441. The average molecular weight is 423 g/mol. The van der Waals surface area contributed by atoms with E-state index in [4.69, 9.17) is 20.9 Å². The average Bonchev–Trinajstić information content (AvgIpc) is 2.76. The van der Waals surface area contributed by atoms with Crippen molar-refractivity contribution in [3.8, 4) is 0 Å². The van der Waals surface area contributed by atoms with Gasteiger partial charge in [-0.25, -0.2) is 9.59 Å². The molecule has 1 saturated carbocycles. The van der Waals surface area contributed by atoms with Crippen LogP contribution in [0.5, 0.6) is 0 Å². The molecule has 4 N–H and O–H groups in total. The van der Waals surface area contributed by atoms with Gasteiger partial charge in [0.15, 0.2) is 0 Å². The molecule has 0 bridgehead atoms. The number of ether oxygens (including phenoxy) is 2. The highest BCUT2D eigenvalue weighted by molar-refractivity contribution is 5.90. The van der Waals surface area contributed by atoms with Crippen LogP contribution in [0.15, 0.2) is 48.5 Å². The highest BCUT2D eigenvalue weighted by atomic mass is 16.5. The van der Waals surface area contributed by atoms with Crippen LogP contribution < -0.4 is 11.5 Å². The number of benzene rings is 2. The van der Waals surface area contributed by atoms with Crippen molar-refractivity contribution in [3.05, 3.63) is 65.2 Å². The summed E-state index contributed by atoms with van der Waals surface area (Å²) in [6.45, 7) is 2.46. The summed E-state index contributed by atoms with van der Waals surface area (Å²) in [7, 11) is 0. The van der Waals surface area contributed by atoms with E-state index in [1.807, 2.05) is 6.07 Å². The molecule has 0 radical (unpaired) electrons. The molecule has 0 saturated heterocycles. The van der Waals surface area contributed by atoms with Crippen LogP contribution in [0, 0.1) is 5.92 Å². The number of carbonyl (C=O) groups is 2. The zero-order chi connectivity index (χ0) is 22.2. The summed E-state index contributed by atoms with van der Waals surface area (Å²) in [6.07, 6.45) is 7.61. The summed E-state index contributed by atoms with van der Waals surface area (Å²) in [5.74, 6) is -0.0241. The van der Waals surface area contributed by atoms with Crippen molar-refractivity contribution in [2.24, 2.45) is 5.92 Å². The Morgan fingerprint density at radius 3 is 2.42 bits per heavy atom. The van der Waals surface area contributed by atoms with E-state index in [1.54, 1.807) is 42.5 Å². The molecule has 0 atom stereocenters. The number of nitrogens with two attached hydrogens (primary N) is 2. The van der Waals surface area contributed by atoms with Crippen molar-refractivity contribution in [2.45, 2.75) is 45.1 Å². The van der Waals surface area contributed by atoms with Gasteiger partial charge in [0, 0.05) is 23.9 Å². The second-order valence-electron chi connectivity index (χ2n) is 8.12. The van der Waals surface area contributed by atoms with Crippen LogP contribution >= 0.6 is 0 Å². The van der Waals surface area contributed by atoms with Gasteiger partial charge in [0.2, 0.25) is 0 Å². The van der Waals surface area contributed by atoms with Crippen molar-refractivity contribution in [2.75, 3.05) is 18.1 Å². The Hall–Kier alpha value is -3.28. The topological polar surface area (TPSA) is 105 Å². The monoisotopic (exact) mass is 422 g/mol. The van der Waals surface area contributed by atoms with Gasteiger partial charge in [-0.3, -0.25) is 0 Å². The van der Waals surface area contributed by atoms with E-state index >= 15 is 0 Å². The van der Waals surface area contributed by atoms with E-state index in [0.29, 0.717) is 29.3 Å². The lowest BCUT2D eigenvalue weighted by molar-refractivity contribution is -0.137. The van der Waals surface area contributed by atoms with Crippen molar-refractivity contribution in [1.82, 2.24) is 0 Å². The van der Waals surface area contributed by atoms with E-state index in [2.05, 4.69) is 6.92 Å². The van der Waals surface area contributed by atoms with Gasteiger partial charge in [0.25, 0.3) is 0 Å². The minimum Gasteiger partial charge on any atom is -0.462 e. The fraction of sp³-hybridized carbons (Fsp3) is 0.360. The van der Waals surface area contributed by atoms with Crippen LogP contribution in [0.2, 0.25) is 0 Å². The third-order valence-electron chi connectivity index (χ3n) is 5.58. The Labute approximate surface area is 183 Å². The first-order valence-corrected chi connectivity index (χ1v) is 10.7. The zero-order valence-corrected chi connectivity index (χ0v) is 17.9. The summed E-state index contributed by atoms with van der Waals surface area (Å²) < 4.78 is 10.8. The van der Waals surface area contributed by atoms with Crippen molar-refractivity contribution in [3.63, 3.8) is 0 Å². The summed E-state index contributed by atoms with van der Waals surface area (Å²) in [6, 6.07) is 12.3. The molecule has 31 heavy (non-hydrogen) atoms. The van der Waals surface area contributed by atoms with Crippen LogP contribution in [-0.2, 0) is 20.7 Å². The van der Waals surface area contributed by atoms with Crippen molar-refractivity contribution >= 4 is 29.4 Å². The standard InChI is InChI=1S/C25H30N2O4/c1-17-2-11-22(12-3-17)31-25(29)20-7-4-18(5-8-20)6-13-24(28)30-15-14-19-9-10-21(26)16-23(19)27/h4-10,13,16-17,22H,2-3,11-12,14-15,26-27H2,1H3/b13-6+. The third-order valence-corrected chi connectivity index (χ3v) is 5.58. The number of nitrogen functional groups attached to an aromatic ring is 2. The normalized spacial score (nSPS) is 18.6. The Kier molecular flexibility index (Phi) is 7.70. The fourth-order valence-corrected chi connectivity index (χ4v) is 3.61. The maximum absolute atomic E-state index is 12.3. The zero-order valence-electron chi connectivity index (χ0n) is 17.9. The number of hydrogen-bond donors (Lipinski definition) is 2. The van der Waals surface area contributed by atoms with E-state index in [1.165, 1.54) is 6.08 Å². The molecule has 164 valence electrons. The summed E-state index contributed by atoms with van der Waals surface area (Å²) in [5, 5.41) is 0. The van der Waals surface area contributed by atoms with E-state index < -0.39 is 5.97 Å². The van der Waals surface area contributed by atoms with Crippen molar-refractivity contribution in [1.29, 1.82) is 0 Å². The van der Waals surface area contributed by atoms with Gasteiger partial charge < -0.3 is 20.9 Å².